The number of amides is 2. The Labute approximate surface area is 223 Å². The number of nitrogens with zero attached hydrogens (tertiary/aromatic N) is 4. The third-order valence-electron chi connectivity index (χ3n) is 7.46. The van der Waals surface area contributed by atoms with Crippen LogP contribution in [0.2, 0.25) is 0 Å². The lowest BCUT2D eigenvalue weighted by Crippen LogP contribution is -2.39. The first-order valence-corrected chi connectivity index (χ1v) is 14.1. The lowest BCUT2D eigenvalue weighted by molar-refractivity contribution is -0.117. The summed E-state index contributed by atoms with van der Waals surface area (Å²) in [5, 5.41) is 20.9. The van der Waals surface area contributed by atoms with Crippen molar-refractivity contribution >= 4 is 17.5 Å². The van der Waals surface area contributed by atoms with Crippen molar-refractivity contribution in [3.05, 3.63) is 41.0 Å². The predicted octanol–water partition coefficient (Wildman–Crippen LogP) is 6.98. The monoisotopic (exact) mass is 507 g/mol. The third-order valence-corrected chi connectivity index (χ3v) is 7.46. The summed E-state index contributed by atoms with van der Waals surface area (Å²) in [4.78, 5) is 28.0. The molecule has 2 amide bonds. The molecule has 1 aliphatic rings. The molecule has 1 aromatic rings. The van der Waals surface area contributed by atoms with Crippen LogP contribution in [-0.4, -0.2) is 42.4 Å². The highest BCUT2D eigenvalue weighted by atomic mass is 16.2. The van der Waals surface area contributed by atoms with Gasteiger partial charge in [0.25, 0.3) is 11.8 Å². The number of nitrogens with one attached hydrogen (secondary N) is 1. The second-order valence-corrected chi connectivity index (χ2v) is 10.2. The maximum Gasteiger partial charge on any atom is 0.262 e. The van der Waals surface area contributed by atoms with E-state index < -0.39 is 6.04 Å². The van der Waals surface area contributed by atoms with Crippen molar-refractivity contribution in [3.8, 4) is 6.07 Å². The number of nitriles is 1. The summed E-state index contributed by atoms with van der Waals surface area (Å²) >= 11 is 0. The van der Waals surface area contributed by atoms with Crippen LogP contribution in [0.25, 0.3) is 0 Å². The Morgan fingerprint density at radius 1 is 1.08 bits per heavy atom. The van der Waals surface area contributed by atoms with Crippen LogP contribution in [0.5, 0.6) is 0 Å². The molecule has 202 valence electrons. The van der Waals surface area contributed by atoms with E-state index in [0.717, 1.165) is 51.6 Å². The van der Waals surface area contributed by atoms with Crippen molar-refractivity contribution in [1.82, 2.24) is 10.2 Å². The van der Waals surface area contributed by atoms with Crippen LogP contribution in [0.1, 0.15) is 96.3 Å². The Kier molecular flexibility index (Phi) is 13.0. The van der Waals surface area contributed by atoms with Crippen molar-refractivity contribution < 1.29 is 9.59 Å². The molecule has 0 spiro atoms. The fourth-order valence-electron chi connectivity index (χ4n) is 4.79. The molecule has 0 saturated carbocycles. The molecule has 1 heterocycles. The molecule has 1 N–H and O–H groups in total. The van der Waals surface area contributed by atoms with Gasteiger partial charge >= 0.3 is 0 Å². The Morgan fingerprint density at radius 2 is 1.68 bits per heavy atom. The zero-order chi connectivity index (χ0) is 27.2. The van der Waals surface area contributed by atoms with Gasteiger partial charge < -0.3 is 10.2 Å². The van der Waals surface area contributed by atoms with E-state index in [2.05, 4.69) is 48.1 Å². The van der Waals surface area contributed by atoms with Gasteiger partial charge in [-0.15, -0.1) is 0 Å². The van der Waals surface area contributed by atoms with Crippen molar-refractivity contribution in [3.63, 3.8) is 0 Å². The van der Waals surface area contributed by atoms with E-state index in [1.165, 1.54) is 12.8 Å². The number of hydrogen-bond acceptors (Lipinski definition) is 5. The molecule has 7 heteroatoms. The minimum Gasteiger partial charge on any atom is -0.349 e. The lowest BCUT2D eigenvalue weighted by atomic mass is 9.95. The van der Waals surface area contributed by atoms with E-state index in [-0.39, 0.29) is 23.9 Å². The van der Waals surface area contributed by atoms with Gasteiger partial charge in [0, 0.05) is 19.6 Å². The number of rotatable bonds is 15. The second kappa shape index (κ2) is 16.0. The van der Waals surface area contributed by atoms with Crippen LogP contribution in [0.4, 0.5) is 5.69 Å². The topological polar surface area (TPSA) is 97.9 Å². The van der Waals surface area contributed by atoms with E-state index in [1.807, 2.05) is 30.3 Å². The van der Waals surface area contributed by atoms with E-state index in [0.29, 0.717) is 28.7 Å². The van der Waals surface area contributed by atoms with Gasteiger partial charge in [-0.3, -0.25) is 9.59 Å². The Balaban J connectivity index is 2.34. The number of azo groups is 1. The summed E-state index contributed by atoms with van der Waals surface area (Å²) < 4.78 is 0. The summed E-state index contributed by atoms with van der Waals surface area (Å²) in [5.74, 6) is 0.579. The van der Waals surface area contributed by atoms with E-state index in [1.54, 1.807) is 6.92 Å². The first-order valence-electron chi connectivity index (χ1n) is 14.1. The molecule has 0 aliphatic carbocycles. The van der Waals surface area contributed by atoms with E-state index in [4.69, 9.17) is 0 Å². The zero-order valence-electron chi connectivity index (χ0n) is 23.4. The Morgan fingerprint density at radius 3 is 2.22 bits per heavy atom. The quantitative estimate of drug-likeness (QED) is 0.259. The molecule has 1 aliphatic heterocycles. The number of carbonyl (C=O) groups is 2. The minimum absolute atomic E-state index is 0.00127. The Hall–Kier alpha value is -3.01. The standard InChI is InChI=1S/C30H45N5O2/c1-6-10-14-23(8-3)20-35(21-24(9-4)15-11-7-2)30(37)25-16-12-13-17-27(25)33-34-28-19-32-29(36)26(18-31)22(28)5/h12-13,16-17,23-24,28H,6-11,14-15,19-21H2,1-5H3,(H,32,36). The van der Waals surface area contributed by atoms with Crippen LogP contribution in [0, 0.1) is 23.2 Å². The molecule has 7 nitrogen and oxygen atoms in total. The van der Waals surface area contributed by atoms with Crippen molar-refractivity contribution in [2.45, 2.75) is 92.0 Å². The number of hydrogen-bond donors (Lipinski definition) is 1. The van der Waals surface area contributed by atoms with Gasteiger partial charge in [-0.05, 0) is 49.3 Å². The fraction of sp³-hybridized carbons (Fsp3) is 0.633. The van der Waals surface area contributed by atoms with Gasteiger partial charge in [-0.2, -0.15) is 15.5 Å². The summed E-state index contributed by atoms with van der Waals surface area (Å²) in [6.45, 7) is 12.4. The van der Waals surface area contributed by atoms with Crippen molar-refractivity contribution in [2.75, 3.05) is 19.6 Å². The molecule has 0 radical (unpaired) electrons. The molecule has 0 bridgehead atoms. The largest absolute Gasteiger partial charge is 0.349 e. The summed E-state index contributed by atoms with van der Waals surface area (Å²) in [7, 11) is 0. The van der Waals surface area contributed by atoms with Crippen molar-refractivity contribution in [2.24, 2.45) is 22.1 Å². The molecule has 3 atom stereocenters. The van der Waals surface area contributed by atoms with Gasteiger partial charge in [-0.1, -0.05) is 78.4 Å². The number of carbonyl (C=O) groups excluding carboxylic acids is 2. The molecule has 0 aromatic heterocycles. The third kappa shape index (κ3) is 8.80. The van der Waals surface area contributed by atoms with Gasteiger partial charge in [0.1, 0.15) is 17.7 Å². The molecule has 3 unspecified atom stereocenters. The summed E-state index contributed by atoms with van der Waals surface area (Å²) in [6.07, 6.45) is 9.03. The van der Waals surface area contributed by atoms with Gasteiger partial charge in [0.15, 0.2) is 0 Å². The number of benzene rings is 1. The minimum atomic E-state index is -0.427. The highest BCUT2D eigenvalue weighted by Crippen LogP contribution is 2.26. The first-order chi connectivity index (χ1) is 17.9. The SMILES string of the molecule is CCCCC(CC)CN(CC(CC)CCCC)C(=O)c1ccccc1N=NC1CNC(=O)C(C#N)=C1C. The predicted molar refractivity (Wildman–Crippen MR) is 149 cm³/mol. The molecular weight excluding hydrogens is 462 g/mol. The maximum absolute atomic E-state index is 14.0. The van der Waals surface area contributed by atoms with Gasteiger partial charge in [-0.25, -0.2) is 0 Å². The van der Waals surface area contributed by atoms with Crippen LogP contribution in [0.3, 0.4) is 0 Å². The molecule has 2 rings (SSSR count). The average molecular weight is 508 g/mol. The van der Waals surface area contributed by atoms with Gasteiger partial charge in [0.2, 0.25) is 0 Å². The van der Waals surface area contributed by atoms with Gasteiger partial charge in [0.05, 0.1) is 11.3 Å². The summed E-state index contributed by atoms with van der Waals surface area (Å²) in [6, 6.07) is 8.89. The zero-order valence-corrected chi connectivity index (χ0v) is 23.4. The highest BCUT2D eigenvalue weighted by Gasteiger charge is 2.27. The van der Waals surface area contributed by atoms with Crippen LogP contribution < -0.4 is 5.32 Å². The van der Waals surface area contributed by atoms with Crippen molar-refractivity contribution in [1.29, 1.82) is 5.26 Å². The molecule has 1 aromatic carbocycles. The molecule has 0 saturated heterocycles. The van der Waals surface area contributed by atoms with Crippen LogP contribution in [0.15, 0.2) is 45.6 Å². The maximum atomic E-state index is 14.0. The lowest BCUT2D eigenvalue weighted by Gasteiger charge is -2.31. The smallest absolute Gasteiger partial charge is 0.262 e. The van der Waals surface area contributed by atoms with Crippen LogP contribution in [-0.2, 0) is 4.79 Å². The second-order valence-electron chi connectivity index (χ2n) is 10.2. The van der Waals surface area contributed by atoms with Crippen LogP contribution >= 0.6 is 0 Å². The van der Waals surface area contributed by atoms with E-state index in [9.17, 15) is 14.9 Å². The summed E-state index contributed by atoms with van der Waals surface area (Å²) in [5.41, 5.74) is 1.75. The fourth-order valence-corrected chi connectivity index (χ4v) is 4.79. The van der Waals surface area contributed by atoms with E-state index >= 15 is 0 Å². The molecule has 0 fully saturated rings. The number of unbranched alkanes of at least 4 members (excludes halogenated alkanes) is 2. The first kappa shape index (κ1) is 30.2. The average Bonchev–Trinajstić information content (AvgIpc) is 2.92. The normalized spacial score (nSPS) is 17.4. The molecule has 37 heavy (non-hydrogen) atoms. The Bertz CT molecular complexity index is 976. The highest BCUT2D eigenvalue weighted by molar-refractivity contribution is 5.99. The molecular formula is C30H45N5O2.